The van der Waals surface area contributed by atoms with Crippen molar-refractivity contribution < 1.29 is 14.6 Å². The molecule has 2 aromatic rings. The van der Waals surface area contributed by atoms with Gasteiger partial charge in [0.1, 0.15) is 5.69 Å². The normalized spacial score (nSPS) is 9.80. The van der Waals surface area contributed by atoms with E-state index in [0.717, 1.165) is 5.39 Å². The van der Waals surface area contributed by atoms with Gasteiger partial charge >= 0.3 is 6.16 Å². The molecule has 0 unspecified atom stereocenters. The van der Waals surface area contributed by atoms with Crippen LogP contribution in [-0.4, -0.2) is 21.2 Å². The predicted octanol–water partition coefficient (Wildman–Crippen LogP) is 1.60. The summed E-state index contributed by atoms with van der Waals surface area (Å²) in [6.45, 7) is 0. The SMILES string of the molecule is C#Cc1cc2cc(OC(=O)O)[nH]c2cn1. The number of ether oxygens (including phenoxy) is 1. The first-order valence-electron chi connectivity index (χ1n) is 4.05. The lowest BCUT2D eigenvalue weighted by atomic mass is 10.3. The molecule has 2 aromatic heterocycles. The number of carboxylic acid groups (broad SMARTS) is 1. The maximum absolute atomic E-state index is 10.3. The van der Waals surface area contributed by atoms with E-state index in [9.17, 15) is 4.79 Å². The molecule has 0 bridgehead atoms. The number of aromatic nitrogens is 2. The van der Waals surface area contributed by atoms with Crippen molar-refractivity contribution in [3.63, 3.8) is 0 Å². The molecule has 0 atom stereocenters. The summed E-state index contributed by atoms with van der Waals surface area (Å²) in [7, 11) is 0. The molecule has 0 aliphatic carbocycles. The Balaban J connectivity index is 2.47. The Hall–Kier alpha value is -2.48. The van der Waals surface area contributed by atoms with Gasteiger partial charge < -0.3 is 14.8 Å². The minimum atomic E-state index is -1.37. The molecule has 0 aliphatic rings. The van der Waals surface area contributed by atoms with Gasteiger partial charge in [-0.15, -0.1) is 6.42 Å². The number of aromatic amines is 1. The van der Waals surface area contributed by atoms with Crippen LogP contribution < -0.4 is 4.74 Å². The van der Waals surface area contributed by atoms with E-state index in [1.165, 1.54) is 6.20 Å². The van der Waals surface area contributed by atoms with Crippen molar-refractivity contribution in [3.8, 4) is 18.2 Å². The van der Waals surface area contributed by atoms with E-state index in [-0.39, 0.29) is 5.88 Å². The molecule has 0 aliphatic heterocycles. The molecule has 0 fully saturated rings. The van der Waals surface area contributed by atoms with Crippen molar-refractivity contribution in [2.24, 2.45) is 0 Å². The van der Waals surface area contributed by atoms with E-state index >= 15 is 0 Å². The Kier molecular flexibility index (Phi) is 2.03. The molecule has 5 nitrogen and oxygen atoms in total. The highest BCUT2D eigenvalue weighted by Gasteiger charge is 2.05. The molecule has 2 heterocycles. The summed E-state index contributed by atoms with van der Waals surface area (Å²) in [5, 5.41) is 9.16. The standard InChI is InChI=1S/C10H6N2O3/c1-2-7-3-6-4-9(15-10(13)14)12-8(6)5-11-7/h1,3-5,12H,(H,13,14). The summed E-state index contributed by atoms with van der Waals surface area (Å²) in [4.78, 5) is 17.0. The highest BCUT2D eigenvalue weighted by Crippen LogP contribution is 2.20. The first-order chi connectivity index (χ1) is 7.19. The monoisotopic (exact) mass is 202 g/mol. The number of carbonyl (C=O) groups is 1. The minimum Gasteiger partial charge on any atom is -0.449 e. The second kappa shape index (κ2) is 3.35. The molecule has 0 radical (unpaired) electrons. The van der Waals surface area contributed by atoms with Crippen LogP contribution in [0.1, 0.15) is 5.69 Å². The summed E-state index contributed by atoms with van der Waals surface area (Å²) in [5.41, 5.74) is 1.16. The van der Waals surface area contributed by atoms with E-state index < -0.39 is 6.16 Å². The number of hydrogen-bond donors (Lipinski definition) is 2. The Morgan fingerprint density at radius 2 is 2.40 bits per heavy atom. The first-order valence-corrected chi connectivity index (χ1v) is 4.05. The third-order valence-electron chi connectivity index (χ3n) is 1.83. The molecule has 2 N–H and O–H groups in total. The highest BCUT2D eigenvalue weighted by atomic mass is 16.7. The predicted molar refractivity (Wildman–Crippen MR) is 52.7 cm³/mol. The summed E-state index contributed by atoms with van der Waals surface area (Å²) < 4.78 is 4.45. The number of hydrogen-bond acceptors (Lipinski definition) is 3. The first kappa shape index (κ1) is 9.09. The molecule has 0 saturated heterocycles. The van der Waals surface area contributed by atoms with Gasteiger partial charge in [-0.3, -0.25) is 0 Å². The van der Waals surface area contributed by atoms with Crippen molar-refractivity contribution in [1.82, 2.24) is 9.97 Å². The summed E-state index contributed by atoms with van der Waals surface area (Å²) in [5.74, 6) is 2.53. The van der Waals surface area contributed by atoms with Crippen molar-refractivity contribution >= 4 is 17.1 Å². The van der Waals surface area contributed by atoms with Crippen LogP contribution >= 0.6 is 0 Å². The topological polar surface area (TPSA) is 75.2 Å². The van der Waals surface area contributed by atoms with Crippen molar-refractivity contribution in [3.05, 3.63) is 24.0 Å². The zero-order chi connectivity index (χ0) is 10.8. The molecule has 0 saturated carbocycles. The Morgan fingerprint density at radius 3 is 3.07 bits per heavy atom. The molecule has 5 heteroatoms. The number of pyridine rings is 1. The van der Waals surface area contributed by atoms with Crippen molar-refractivity contribution in [2.75, 3.05) is 0 Å². The van der Waals surface area contributed by atoms with Gasteiger partial charge in [0, 0.05) is 11.5 Å². The quantitative estimate of drug-likeness (QED) is 0.544. The van der Waals surface area contributed by atoms with Gasteiger partial charge in [0.05, 0.1) is 11.7 Å². The van der Waals surface area contributed by atoms with E-state index in [4.69, 9.17) is 11.5 Å². The number of rotatable bonds is 1. The Bertz CT molecular complexity index is 566. The fourth-order valence-corrected chi connectivity index (χ4v) is 1.23. The third kappa shape index (κ3) is 1.74. The maximum Gasteiger partial charge on any atom is 0.512 e. The number of nitrogens with one attached hydrogen (secondary N) is 1. The lowest BCUT2D eigenvalue weighted by molar-refractivity contribution is 0.143. The van der Waals surface area contributed by atoms with Crippen LogP contribution in [0.15, 0.2) is 18.3 Å². The average molecular weight is 202 g/mol. The van der Waals surface area contributed by atoms with Gasteiger partial charge in [-0.1, -0.05) is 5.92 Å². The van der Waals surface area contributed by atoms with Crippen LogP contribution in [0.25, 0.3) is 10.9 Å². The molecule has 74 valence electrons. The van der Waals surface area contributed by atoms with Crippen molar-refractivity contribution in [2.45, 2.75) is 0 Å². The van der Waals surface area contributed by atoms with Crippen LogP contribution in [0.4, 0.5) is 4.79 Å². The van der Waals surface area contributed by atoms with Gasteiger partial charge in [-0.25, -0.2) is 9.78 Å². The largest absolute Gasteiger partial charge is 0.512 e. The fraction of sp³-hybridized carbons (Fsp3) is 0. The van der Waals surface area contributed by atoms with E-state index in [1.807, 2.05) is 0 Å². The molecule has 0 spiro atoms. The molecule has 2 rings (SSSR count). The van der Waals surface area contributed by atoms with Crippen molar-refractivity contribution in [1.29, 1.82) is 0 Å². The number of nitrogens with zero attached hydrogens (tertiary/aromatic N) is 1. The van der Waals surface area contributed by atoms with Crippen LogP contribution in [0.3, 0.4) is 0 Å². The smallest absolute Gasteiger partial charge is 0.449 e. The molecular weight excluding hydrogens is 196 g/mol. The number of H-pyrrole nitrogens is 1. The maximum atomic E-state index is 10.3. The van der Waals surface area contributed by atoms with Gasteiger partial charge in [-0.05, 0) is 6.07 Å². The van der Waals surface area contributed by atoms with Crippen LogP contribution in [0, 0.1) is 12.3 Å². The minimum absolute atomic E-state index is 0.147. The summed E-state index contributed by atoms with van der Waals surface area (Å²) in [6, 6.07) is 3.21. The lowest BCUT2D eigenvalue weighted by Crippen LogP contribution is -2.02. The second-order valence-corrected chi connectivity index (χ2v) is 2.80. The zero-order valence-corrected chi connectivity index (χ0v) is 7.52. The summed E-state index contributed by atoms with van der Waals surface area (Å²) >= 11 is 0. The summed E-state index contributed by atoms with van der Waals surface area (Å²) in [6.07, 6.45) is 5.34. The van der Waals surface area contributed by atoms with Gasteiger partial charge in [0.15, 0.2) is 0 Å². The van der Waals surface area contributed by atoms with Crippen LogP contribution in [0.5, 0.6) is 5.88 Å². The van der Waals surface area contributed by atoms with Gasteiger partial charge in [0.25, 0.3) is 0 Å². The Labute approximate surface area is 84.7 Å². The van der Waals surface area contributed by atoms with E-state index in [0.29, 0.717) is 11.2 Å². The number of fused-ring (bicyclic) bond motifs is 1. The fourth-order valence-electron chi connectivity index (χ4n) is 1.23. The van der Waals surface area contributed by atoms with Crippen LogP contribution in [0.2, 0.25) is 0 Å². The highest BCUT2D eigenvalue weighted by molar-refractivity contribution is 5.82. The lowest BCUT2D eigenvalue weighted by Gasteiger charge is -1.91. The number of terminal acetylenes is 1. The molecular formula is C10H6N2O3. The Morgan fingerprint density at radius 1 is 1.60 bits per heavy atom. The average Bonchev–Trinajstić information content (AvgIpc) is 2.57. The van der Waals surface area contributed by atoms with Crippen LogP contribution in [-0.2, 0) is 0 Å². The molecule has 0 amide bonds. The van der Waals surface area contributed by atoms with E-state index in [2.05, 4.69) is 20.6 Å². The van der Waals surface area contributed by atoms with Gasteiger partial charge in [-0.2, -0.15) is 0 Å². The molecule has 0 aromatic carbocycles. The van der Waals surface area contributed by atoms with Gasteiger partial charge in [0.2, 0.25) is 5.88 Å². The van der Waals surface area contributed by atoms with E-state index in [1.54, 1.807) is 12.1 Å². The molecule has 15 heavy (non-hydrogen) atoms. The second-order valence-electron chi connectivity index (χ2n) is 2.80. The third-order valence-corrected chi connectivity index (χ3v) is 1.83. The zero-order valence-electron chi connectivity index (χ0n) is 7.52.